The van der Waals surface area contributed by atoms with E-state index in [4.69, 9.17) is 0 Å². The molecule has 1 heterocycles. The Hall–Kier alpha value is -0.490. The fraction of sp³-hybridized carbons (Fsp3) is 0.667. The number of carbonyl (C=O) groups excluding carboxylic acids is 2. The standard InChI is InChI=1S/C6H9NO7P2/c8-1-2(9)4(11)6(13)16(7-15)14-5(12)3(1)10/h1-4,8-11,15H. The van der Waals surface area contributed by atoms with Crippen molar-refractivity contribution in [2.45, 2.75) is 24.4 Å². The maximum absolute atomic E-state index is 11.4. The first-order chi connectivity index (χ1) is 7.40. The molecule has 8 nitrogen and oxygen atoms in total. The third kappa shape index (κ3) is 2.43. The average molecular weight is 269 g/mol. The first kappa shape index (κ1) is 13.6. The number of hydrogen-bond donors (Lipinski definition) is 4. The molecule has 0 bridgehead atoms. The molecule has 0 amide bonds. The first-order valence-corrected chi connectivity index (χ1v) is 5.71. The highest BCUT2D eigenvalue weighted by Crippen LogP contribution is 2.44. The summed E-state index contributed by atoms with van der Waals surface area (Å²) < 4.78 is 7.67. The van der Waals surface area contributed by atoms with Gasteiger partial charge in [0.2, 0.25) is 5.52 Å². The number of nitrogens with zero attached hydrogens (tertiary/aromatic N) is 1. The molecule has 90 valence electrons. The summed E-state index contributed by atoms with van der Waals surface area (Å²) in [6.07, 6.45) is -8.01. The molecular weight excluding hydrogens is 260 g/mol. The van der Waals surface area contributed by atoms with E-state index in [-0.39, 0.29) is 0 Å². The molecule has 0 saturated carbocycles. The summed E-state index contributed by atoms with van der Waals surface area (Å²) in [5.74, 6) is -1.29. The zero-order chi connectivity index (χ0) is 12.5. The fourth-order valence-electron chi connectivity index (χ4n) is 1.03. The molecule has 0 aromatic heterocycles. The molecule has 1 aliphatic rings. The summed E-state index contributed by atoms with van der Waals surface area (Å²) in [6.45, 7) is 0. The summed E-state index contributed by atoms with van der Waals surface area (Å²) >= 11 is 0. The van der Waals surface area contributed by atoms with E-state index in [9.17, 15) is 30.0 Å². The van der Waals surface area contributed by atoms with Crippen molar-refractivity contribution >= 4 is 28.8 Å². The molecule has 5 unspecified atom stereocenters. The normalized spacial score (nSPS) is 40.9. The molecule has 10 heteroatoms. The highest BCUT2D eigenvalue weighted by Gasteiger charge is 2.45. The topological polar surface area (TPSA) is 137 Å². The molecule has 5 atom stereocenters. The Kier molecular flexibility index (Phi) is 4.43. The largest absolute Gasteiger partial charge is 0.412 e. The van der Waals surface area contributed by atoms with Crippen LogP contribution in [0.1, 0.15) is 0 Å². The van der Waals surface area contributed by atoms with Crippen molar-refractivity contribution in [3.63, 3.8) is 0 Å². The van der Waals surface area contributed by atoms with Gasteiger partial charge in [-0.05, 0) is 9.03 Å². The summed E-state index contributed by atoms with van der Waals surface area (Å²) in [7, 11) is 0.234. The lowest BCUT2D eigenvalue weighted by Crippen LogP contribution is -2.51. The maximum Gasteiger partial charge on any atom is 0.342 e. The molecule has 16 heavy (non-hydrogen) atoms. The van der Waals surface area contributed by atoms with Crippen LogP contribution in [0.15, 0.2) is 4.52 Å². The Morgan fingerprint density at radius 2 is 1.62 bits per heavy atom. The van der Waals surface area contributed by atoms with Gasteiger partial charge in [0.25, 0.3) is 8.30 Å². The van der Waals surface area contributed by atoms with E-state index in [1.807, 2.05) is 0 Å². The molecule has 0 aliphatic carbocycles. The molecule has 0 aromatic rings. The van der Waals surface area contributed by atoms with Gasteiger partial charge < -0.3 is 24.9 Å². The predicted molar refractivity (Wildman–Crippen MR) is 52.8 cm³/mol. The molecule has 4 N–H and O–H groups in total. The third-order valence-corrected chi connectivity index (χ3v) is 3.67. The van der Waals surface area contributed by atoms with Crippen LogP contribution in [0.3, 0.4) is 0 Å². The van der Waals surface area contributed by atoms with Gasteiger partial charge in [-0.2, -0.15) is 0 Å². The Labute approximate surface area is 93.0 Å². The van der Waals surface area contributed by atoms with Gasteiger partial charge in [-0.3, -0.25) is 4.79 Å². The van der Waals surface area contributed by atoms with Crippen LogP contribution in [-0.2, 0) is 14.1 Å². The van der Waals surface area contributed by atoms with Crippen LogP contribution in [0.4, 0.5) is 0 Å². The third-order valence-electron chi connectivity index (χ3n) is 1.95. The monoisotopic (exact) mass is 269 g/mol. The van der Waals surface area contributed by atoms with E-state index >= 15 is 0 Å². The van der Waals surface area contributed by atoms with Gasteiger partial charge in [-0.1, -0.05) is 0 Å². The SMILES string of the molecule is O=C1OP(N=P)C(=O)C(O)C(O)C(O)C1O. The van der Waals surface area contributed by atoms with Crippen molar-refractivity contribution in [3.05, 3.63) is 0 Å². The number of hydrogen-bond acceptors (Lipinski definition) is 8. The van der Waals surface area contributed by atoms with Gasteiger partial charge in [0.15, 0.2) is 12.2 Å². The Bertz CT molecular complexity index is 324. The minimum atomic E-state index is -2.36. The lowest BCUT2D eigenvalue weighted by atomic mass is 10.0. The van der Waals surface area contributed by atoms with E-state index < -0.39 is 44.2 Å². The molecule has 1 fully saturated rings. The first-order valence-electron chi connectivity index (χ1n) is 4.05. The van der Waals surface area contributed by atoms with E-state index in [0.29, 0.717) is 0 Å². The lowest BCUT2D eigenvalue weighted by molar-refractivity contribution is -0.164. The predicted octanol–water partition coefficient (Wildman–Crippen LogP) is -1.85. The molecule has 1 aliphatic heterocycles. The zero-order valence-corrected chi connectivity index (χ0v) is 9.61. The van der Waals surface area contributed by atoms with Gasteiger partial charge in [0.1, 0.15) is 12.2 Å². The zero-order valence-electron chi connectivity index (χ0n) is 7.72. The quantitative estimate of drug-likeness (QED) is 0.410. The minimum absolute atomic E-state index is 1.04. The molecule has 1 rings (SSSR count). The van der Waals surface area contributed by atoms with Gasteiger partial charge in [0.05, 0.1) is 0 Å². The maximum atomic E-state index is 11.4. The number of rotatable bonds is 1. The Morgan fingerprint density at radius 3 is 2.12 bits per heavy atom. The summed E-state index contributed by atoms with van der Waals surface area (Å²) in [5, 5.41) is 37.0. The average Bonchev–Trinajstić information content (AvgIpc) is 2.29. The van der Waals surface area contributed by atoms with Crippen molar-refractivity contribution in [2.75, 3.05) is 0 Å². The van der Waals surface area contributed by atoms with Crippen molar-refractivity contribution in [3.8, 4) is 0 Å². The lowest BCUT2D eigenvalue weighted by Gasteiger charge is -2.28. The van der Waals surface area contributed by atoms with Crippen LogP contribution in [0.2, 0.25) is 0 Å². The van der Waals surface area contributed by atoms with Gasteiger partial charge in [0, 0.05) is 0 Å². The van der Waals surface area contributed by atoms with Gasteiger partial charge in [-0.15, -0.1) is 0 Å². The number of aliphatic hydroxyl groups is 4. The van der Waals surface area contributed by atoms with E-state index in [2.05, 4.69) is 18.1 Å². The van der Waals surface area contributed by atoms with Crippen LogP contribution in [-0.4, -0.2) is 56.3 Å². The second kappa shape index (κ2) is 5.23. The highest BCUT2D eigenvalue weighted by atomic mass is 31.2. The highest BCUT2D eigenvalue weighted by molar-refractivity contribution is 7.71. The summed E-state index contributed by atoms with van der Waals surface area (Å²) in [5.41, 5.74) is -1.04. The van der Waals surface area contributed by atoms with Crippen LogP contribution < -0.4 is 0 Å². The van der Waals surface area contributed by atoms with Gasteiger partial charge >= 0.3 is 5.97 Å². The van der Waals surface area contributed by atoms with Crippen molar-refractivity contribution in [1.82, 2.24) is 0 Å². The smallest absolute Gasteiger partial charge is 0.342 e. The van der Waals surface area contributed by atoms with Crippen LogP contribution >= 0.6 is 17.3 Å². The molecule has 0 spiro atoms. The van der Waals surface area contributed by atoms with Crippen molar-refractivity contribution in [1.29, 1.82) is 0 Å². The fourth-order valence-corrected chi connectivity index (χ4v) is 2.33. The van der Waals surface area contributed by atoms with Crippen LogP contribution in [0.25, 0.3) is 0 Å². The van der Waals surface area contributed by atoms with E-state index in [1.165, 1.54) is 0 Å². The summed E-state index contributed by atoms with van der Waals surface area (Å²) in [4.78, 5) is 22.5. The second-order valence-corrected chi connectivity index (χ2v) is 4.96. The summed E-state index contributed by atoms with van der Waals surface area (Å²) in [6, 6.07) is 0. The van der Waals surface area contributed by atoms with Crippen molar-refractivity contribution < 1.29 is 34.5 Å². The van der Waals surface area contributed by atoms with E-state index in [1.54, 1.807) is 0 Å². The number of aliphatic hydroxyl groups excluding tert-OH is 4. The second-order valence-electron chi connectivity index (χ2n) is 2.99. The molecule has 0 aromatic carbocycles. The van der Waals surface area contributed by atoms with Crippen molar-refractivity contribution in [2.24, 2.45) is 4.52 Å². The Balaban J connectivity index is 3.02. The van der Waals surface area contributed by atoms with Crippen LogP contribution in [0.5, 0.6) is 0 Å². The minimum Gasteiger partial charge on any atom is -0.412 e. The molecule has 0 radical (unpaired) electrons. The van der Waals surface area contributed by atoms with Crippen LogP contribution in [0, 0.1) is 0 Å². The Morgan fingerprint density at radius 1 is 1.12 bits per heavy atom. The number of carbonyl (C=O) groups is 2. The van der Waals surface area contributed by atoms with E-state index in [0.717, 1.165) is 0 Å². The molecular formula is C6H9NO7P2. The van der Waals surface area contributed by atoms with Gasteiger partial charge in [-0.25, -0.2) is 9.31 Å². The molecule has 1 saturated heterocycles.